The molecule has 0 radical (unpaired) electrons. The Bertz CT molecular complexity index is 471. The van der Waals surface area contributed by atoms with Crippen LogP contribution in [-0.4, -0.2) is 37.7 Å². The van der Waals surface area contributed by atoms with Crippen LogP contribution in [0.4, 0.5) is 0 Å². The normalized spacial score (nSPS) is 20.6. The molecule has 1 atom stereocenters. The fourth-order valence-electron chi connectivity index (χ4n) is 1.68. The summed E-state index contributed by atoms with van der Waals surface area (Å²) < 4.78 is 27.3. The van der Waals surface area contributed by atoms with Crippen LogP contribution < -0.4 is 10.5 Å². The van der Waals surface area contributed by atoms with Crippen LogP contribution >= 0.6 is 0 Å². The number of hydrogen-bond acceptors (Lipinski definition) is 5. The van der Waals surface area contributed by atoms with Crippen molar-refractivity contribution in [2.24, 2.45) is 5.73 Å². The molecule has 94 valence electrons. The third kappa shape index (κ3) is 2.96. The number of hydrogen-bond donors (Lipinski definition) is 2. The summed E-state index contributed by atoms with van der Waals surface area (Å²) >= 11 is 0. The van der Waals surface area contributed by atoms with Gasteiger partial charge in [0.15, 0.2) is 9.84 Å². The van der Waals surface area contributed by atoms with E-state index in [1.165, 1.54) is 0 Å². The Morgan fingerprint density at radius 2 is 1.94 bits per heavy atom. The van der Waals surface area contributed by atoms with Crippen LogP contribution in [0.25, 0.3) is 0 Å². The SMILES string of the molecule is NCC(O)c1ccc(OC2CS(=O)(=O)C2)cc1. The summed E-state index contributed by atoms with van der Waals surface area (Å²) in [5, 5.41) is 9.48. The monoisotopic (exact) mass is 257 g/mol. The number of aliphatic hydroxyl groups is 1. The van der Waals surface area contributed by atoms with Crippen molar-refractivity contribution in [3.05, 3.63) is 29.8 Å². The molecule has 1 saturated heterocycles. The minimum atomic E-state index is -2.86. The molecule has 0 saturated carbocycles. The molecule has 0 aliphatic carbocycles. The summed E-state index contributed by atoms with van der Waals surface area (Å²) in [4.78, 5) is 0. The van der Waals surface area contributed by atoms with Gasteiger partial charge in [-0.25, -0.2) is 8.42 Å². The molecule has 0 aromatic heterocycles. The van der Waals surface area contributed by atoms with E-state index in [0.29, 0.717) is 5.75 Å². The standard InChI is InChI=1S/C11H15NO4S/c12-5-11(13)8-1-3-9(4-2-8)16-10-6-17(14,15)7-10/h1-4,10-11,13H,5-7,12H2. The summed E-state index contributed by atoms with van der Waals surface area (Å²) in [5.41, 5.74) is 6.06. The van der Waals surface area contributed by atoms with Crippen molar-refractivity contribution in [3.8, 4) is 5.75 Å². The van der Waals surface area contributed by atoms with Gasteiger partial charge in [-0.15, -0.1) is 0 Å². The molecule has 1 aromatic carbocycles. The Balaban J connectivity index is 1.95. The summed E-state index contributed by atoms with van der Waals surface area (Å²) in [6.45, 7) is 0.168. The third-order valence-corrected chi connectivity index (χ3v) is 4.43. The van der Waals surface area contributed by atoms with Crippen molar-refractivity contribution in [2.75, 3.05) is 18.1 Å². The summed E-state index contributed by atoms with van der Waals surface area (Å²) in [7, 11) is -2.86. The van der Waals surface area contributed by atoms with Crippen molar-refractivity contribution in [1.82, 2.24) is 0 Å². The maximum absolute atomic E-state index is 10.9. The zero-order valence-corrected chi connectivity index (χ0v) is 10.1. The second kappa shape index (κ2) is 4.64. The molecule has 1 heterocycles. The molecule has 0 bridgehead atoms. The average Bonchev–Trinajstić information content (AvgIpc) is 2.26. The van der Waals surface area contributed by atoms with Gasteiger partial charge in [0.1, 0.15) is 11.9 Å². The highest BCUT2D eigenvalue weighted by molar-refractivity contribution is 7.92. The zero-order chi connectivity index (χ0) is 12.5. The summed E-state index contributed by atoms with van der Waals surface area (Å²) in [6, 6.07) is 6.86. The van der Waals surface area contributed by atoms with E-state index in [2.05, 4.69) is 0 Å². The molecule has 1 aliphatic rings. The highest BCUT2D eigenvalue weighted by atomic mass is 32.2. The van der Waals surface area contributed by atoms with Crippen molar-refractivity contribution >= 4 is 9.84 Å². The molecular weight excluding hydrogens is 242 g/mol. The van der Waals surface area contributed by atoms with Gasteiger partial charge >= 0.3 is 0 Å². The van der Waals surface area contributed by atoms with E-state index < -0.39 is 15.9 Å². The Morgan fingerprint density at radius 3 is 2.41 bits per heavy atom. The highest BCUT2D eigenvalue weighted by Crippen LogP contribution is 2.21. The van der Waals surface area contributed by atoms with Crippen molar-refractivity contribution in [1.29, 1.82) is 0 Å². The number of rotatable bonds is 4. The number of sulfone groups is 1. The van der Waals surface area contributed by atoms with Crippen molar-refractivity contribution in [3.63, 3.8) is 0 Å². The lowest BCUT2D eigenvalue weighted by molar-refractivity contribution is 0.186. The van der Waals surface area contributed by atoms with Crippen molar-refractivity contribution in [2.45, 2.75) is 12.2 Å². The zero-order valence-electron chi connectivity index (χ0n) is 9.24. The van der Waals surface area contributed by atoms with Gasteiger partial charge in [-0.3, -0.25) is 0 Å². The van der Waals surface area contributed by atoms with Crippen LogP contribution in [0.15, 0.2) is 24.3 Å². The van der Waals surface area contributed by atoms with Gasteiger partial charge in [0.25, 0.3) is 0 Å². The molecule has 2 rings (SSSR count). The Hall–Kier alpha value is -1.11. The molecule has 5 nitrogen and oxygen atoms in total. The molecule has 0 spiro atoms. The van der Waals surface area contributed by atoms with Crippen LogP contribution in [0, 0.1) is 0 Å². The molecule has 1 aliphatic heterocycles. The molecule has 1 unspecified atom stereocenters. The van der Waals surface area contributed by atoms with E-state index in [9.17, 15) is 13.5 Å². The molecule has 1 aromatic rings. The van der Waals surface area contributed by atoms with Crippen LogP contribution in [-0.2, 0) is 9.84 Å². The first-order valence-corrected chi connectivity index (χ1v) is 7.17. The second-order valence-corrected chi connectivity index (χ2v) is 6.29. The van der Waals surface area contributed by atoms with Gasteiger partial charge < -0.3 is 15.6 Å². The first kappa shape index (κ1) is 12.3. The maximum Gasteiger partial charge on any atom is 0.157 e. The highest BCUT2D eigenvalue weighted by Gasteiger charge is 2.35. The molecular formula is C11H15NO4S. The Morgan fingerprint density at radius 1 is 1.35 bits per heavy atom. The first-order valence-electron chi connectivity index (χ1n) is 5.35. The van der Waals surface area contributed by atoms with E-state index in [4.69, 9.17) is 10.5 Å². The summed E-state index contributed by atoms with van der Waals surface area (Å²) in [6.07, 6.45) is -0.918. The summed E-state index contributed by atoms with van der Waals surface area (Å²) in [5.74, 6) is 0.776. The van der Waals surface area contributed by atoms with Gasteiger partial charge in [-0.05, 0) is 17.7 Å². The third-order valence-electron chi connectivity index (χ3n) is 2.67. The van der Waals surface area contributed by atoms with E-state index in [1.807, 2.05) is 0 Å². The van der Waals surface area contributed by atoms with Crippen molar-refractivity contribution < 1.29 is 18.3 Å². The van der Waals surface area contributed by atoms with E-state index in [0.717, 1.165) is 5.56 Å². The molecule has 6 heteroatoms. The molecule has 3 N–H and O–H groups in total. The average molecular weight is 257 g/mol. The maximum atomic E-state index is 10.9. The van der Waals surface area contributed by atoms with Crippen LogP contribution in [0.3, 0.4) is 0 Å². The Labute approximate surface area is 100 Å². The molecule has 1 fully saturated rings. The molecule has 0 amide bonds. The minimum absolute atomic E-state index is 0.0835. The predicted octanol–water partition coefficient (Wildman–Crippen LogP) is -0.146. The lowest BCUT2D eigenvalue weighted by Gasteiger charge is -2.26. The largest absolute Gasteiger partial charge is 0.488 e. The van der Waals surface area contributed by atoms with Crippen LogP contribution in [0.1, 0.15) is 11.7 Å². The number of aliphatic hydroxyl groups excluding tert-OH is 1. The van der Waals surface area contributed by atoms with Gasteiger partial charge in [0.2, 0.25) is 0 Å². The van der Waals surface area contributed by atoms with Crippen LogP contribution in [0.5, 0.6) is 5.75 Å². The predicted molar refractivity (Wildman–Crippen MR) is 63.5 cm³/mol. The van der Waals surface area contributed by atoms with Gasteiger partial charge in [-0.1, -0.05) is 12.1 Å². The molecule has 17 heavy (non-hydrogen) atoms. The number of benzene rings is 1. The van der Waals surface area contributed by atoms with E-state index >= 15 is 0 Å². The van der Waals surface area contributed by atoms with Gasteiger partial charge in [0, 0.05) is 6.54 Å². The second-order valence-electron chi connectivity index (χ2n) is 4.14. The van der Waals surface area contributed by atoms with E-state index in [-0.39, 0.29) is 24.2 Å². The lowest BCUT2D eigenvalue weighted by atomic mass is 10.1. The van der Waals surface area contributed by atoms with Crippen LogP contribution in [0.2, 0.25) is 0 Å². The van der Waals surface area contributed by atoms with Gasteiger partial charge in [-0.2, -0.15) is 0 Å². The first-order chi connectivity index (χ1) is 8.00. The van der Waals surface area contributed by atoms with Gasteiger partial charge in [0.05, 0.1) is 17.6 Å². The number of nitrogens with two attached hydrogens (primary N) is 1. The smallest absolute Gasteiger partial charge is 0.157 e. The number of ether oxygens (including phenoxy) is 1. The lowest BCUT2D eigenvalue weighted by Crippen LogP contribution is -2.45. The Kier molecular flexibility index (Phi) is 3.37. The minimum Gasteiger partial charge on any atom is -0.488 e. The van der Waals surface area contributed by atoms with E-state index in [1.54, 1.807) is 24.3 Å². The quantitative estimate of drug-likeness (QED) is 0.783. The fourth-order valence-corrected chi connectivity index (χ4v) is 2.85. The fraction of sp³-hybridized carbons (Fsp3) is 0.455. The topological polar surface area (TPSA) is 89.6 Å².